The summed E-state index contributed by atoms with van der Waals surface area (Å²) in [6.07, 6.45) is 4.67. The highest BCUT2D eigenvalue weighted by Gasteiger charge is 2.13. The summed E-state index contributed by atoms with van der Waals surface area (Å²) in [4.78, 5) is 13.5. The maximum Gasteiger partial charge on any atom is 0.138 e. The van der Waals surface area contributed by atoms with Crippen LogP contribution in [0.1, 0.15) is 5.56 Å². The van der Waals surface area contributed by atoms with Crippen LogP contribution in [0, 0.1) is 0 Å². The van der Waals surface area contributed by atoms with Gasteiger partial charge < -0.3 is 10.3 Å². The van der Waals surface area contributed by atoms with Crippen molar-refractivity contribution in [2.45, 2.75) is 6.42 Å². The van der Waals surface area contributed by atoms with E-state index in [9.17, 15) is 0 Å². The largest absolute Gasteiger partial charge is 0.369 e. The Labute approximate surface area is 196 Å². The van der Waals surface area contributed by atoms with Crippen molar-refractivity contribution in [3.05, 3.63) is 102 Å². The van der Waals surface area contributed by atoms with Gasteiger partial charge in [0.05, 0.1) is 5.39 Å². The number of thiophene rings is 1. The van der Waals surface area contributed by atoms with Gasteiger partial charge in [0.25, 0.3) is 0 Å². The standard InChI is InChI=1S/C28H22N4S/c1-2-6-19(7-3-1)20-10-12-21(13-11-20)24-17-33-28-26(24)27(31-18-32-28)29-15-14-22-16-30-25-9-5-4-8-23(22)25/h1-13,16-18,30H,14-15H2,(H,29,31,32). The van der Waals surface area contributed by atoms with Gasteiger partial charge in [-0.1, -0.05) is 72.8 Å². The number of hydrogen-bond donors (Lipinski definition) is 2. The quantitative estimate of drug-likeness (QED) is 0.285. The normalized spacial score (nSPS) is 11.3. The summed E-state index contributed by atoms with van der Waals surface area (Å²) in [7, 11) is 0. The number of aromatic amines is 1. The number of rotatable bonds is 6. The first-order valence-electron chi connectivity index (χ1n) is 11.0. The molecule has 3 aromatic carbocycles. The molecule has 0 fully saturated rings. The maximum atomic E-state index is 4.59. The van der Waals surface area contributed by atoms with Crippen LogP contribution < -0.4 is 5.32 Å². The number of anilines is 1. The molecular formula is C28H22N4S. The van der Waals surface area contributed by atoms with E-state index < -0.39 is 0 Å². The Balaban J connectivity index is 1.27. The van der Waals surface area contributed by atoms with Crippen molar-refractivity contribution in [3.8, 4) is 22.3 Å². The fourth-order valence-corrected chi connectivity index (χ4v) is 5.26. The number of para-hydroxylation sites is 1. The van der Waals surface area contributed by atoms with Crippen molar-refractivity contribution in [3.63, 3.8) is 0 Å². The summed E-state index contributed by atoms with van der Waals surface area (Å²) in [5, 5.41) is 8.12. The minimum Gasteiger partial charge on any atom is -0.369 e. The van der Waals surface area contributed by atoms with E-state index in [0.29, 0.717) is 0 Å². The lowest BCUT2D eigenvalue weighted by Gasteiger charge is -2.09. The van der Waals surface area contributed by atoms with Crippen LogP contribution in [0.15, 0.2) is 96.8 Å². The molecule has 6 aromatic rings. The van der Waals surface area contributed by atoms with Gasteiger partial charge in [-0.3, -0.25) is 0 Å². The average Bonchev–Trinajstić information content (AvgIpc) is 3.50. The van der Waals surface area contributed by atoms with E-state index in [0.717, 1.165) is 29.0 Å². The molecule has 0 unspecified atom stereocenters. The third-order valence-electron chi connectivity index (χ3n) is 6.03. The Kier molecular flexibility index (Phi) is 5.09. The van der Waals surface area contributed by atoms with Crippen LogP contribution in [0.5, 0.6) is 0 Å². The van der Waals surface area contributed by atoms with Crippen LogP contribution in [0.25, 0.3) is 43.4 Å². The molecule has 0 bridgehead atoms. The molecule has 33 heavy (non-hydrogen) atoms. The molecule has 0 aliphatic rings. The van der Waals surface area contributed by atoms with Crippen molar-refractivity contribution in [1.29, 1.82) is 0 Å². The smallest absolute Gasteiger partial charge is 0.138 e. The van der Waals surface area contributed by atoms with Crippen LogP contribution in [0.4, 0.5) is 5.82 Å². The SMILES string of the molecule is c1ccc(-c2ccc(-c3csc4ncnc(NCCc5c[nH]c6ccccc56)c34)cc2)cc1. The zero-order chi connectivity index (χ0) is 22.0. The van der Waals surface area contributed by atoms with Gasteiger partial charge in [-0.25, -0.2) is 9.97 Å². The lowest BCUT2D eigenvalue weighted by Crippen LogP contribution is -2.06. The number of nitrogens with one attached hydrogen (secondary N) is 2. The average molecular weight is 447 g/mol. The molecule has 3 heterocycles. The van der Waals surface area contributed by atoms with Gasteiger partial charge in [0.15, 0.2) is 0 Å². The number of fused-ring (bicyclic) bond motifs is 2. The third-order valence-corrected chi connectivity index (χ3v) is 6.92. The molecule has 3 aromatic heterocycles. The van der Waals surface area contributed by atoms with Crippen molar-refractivity contribution >= 4 is 38.3 Å². The van der Waals surface area contributed by atoms with Crippen LogP contribution in [-0.2, 0) is 6.42 Å². The van der Waals surface area contributed by atoms with E-state index in [1.54, 1.807) is 17.7 Å². The lowest BCUT2D eigenvalue weighted by molar-refractivity contribution is 1.01. The number of H-pyrrole nitrogens is 1. The predicted octanol–water partition coefficient (Wildman–Crippen LogP) is 7.16. The highest BCUT2D eigenvalue weighted by molar-refractivity contribution is 7.17. The number of nitrogens with zero attached hydrogens (tertiary/aromatic N) is 2. The molecule has 4 nitrogen and oxygen atoms in total. The Morgan fingerprint density at radius 2 is 1.55 bits per heavy atom. The molecule has 5 heteroatoms. The van der Waals surface area contributed by atoms with Crippen molar-refractivity contribution in [1.82, 2.24) is 15.0 Å². The zero-order valence-corrected chi connectivity index (χ0v) is 18.8. The van der Waals surface area contributed by atoms with Gasteiger partial charge in [-0.2, -0.15) is 0 Å². The molecule has 6 rings (SSSR count). The molecule has 160 valence electrons. The molecule has 0 atom stereocenters. The first kappa shape index (κ1) is 19.7. The number of benzene rings is 3. The van der Waals surface area contributed by atoms with E-state index in [1.165, 1.54) is 38.7 Å². The summed E-state index contributed by atoms with van der Waals surface area (Å²) < 4.78 is 0. The van der Waals surface area contributed by atoms with Gasteiger partial charge in [0, 0.05) is 34.6 Å². The van der Waals surface area contributed by atoms with E-state index in [2.05, 4.69) is 105 Å². The highest BCUT2D eigenvalue weighted by atomic mass is 32.1. The topological polar surface area (TPSA) is 53.6 Å². The summed E-state index contributed by atoms with van der Waals surface area (Å²) >= 11 is 1.66. The Morgan fingerprint density at radius 1 is 0.788 bits per heavy atom. The number of hydrogen-bond acceptors (Lipinski definition) is 4. The van der Waals surface area contributed by atoms with E-state index >= 15 is 0 Å². The van der Waals surface area contributed by atoms with Crippen LogP contribution >= 0.6 is 11.3 Å². The summed E-state index contributed by atoms with van der Waals surface area (Å²) in [5.74, 6) is 0.892. The van der Waals surface area contributed by atoms with Crippen LogP contribution in [-0.4, -0.2) is 21.5 Å². The summed E-state index contributed by atoms with van der Waals surface area (Å²) in [5.41, 5.74) is 7.27. The Morgan fingerprint density at radius 3 is 2.42 bits per heavy atom. The minimum absolute atomic E-state index is 0.802. The first-order chi connectivity index (χ1) is 16.4. The van der Waals surface area contributed by atoms with E-state index in [1.807, 2.05) is 6.07 Å². The second kappa shape index (κ2) is 8.52. The fourth-order valence-electron chi connectivity index (χ4n) is 4.35. The highest BCUT2D eigenvalue weighted by Crippen LogP contribution is 2.37. The molecular weight excluding hydrogens is 424 g/mol. The second-order valence-electron chi connectivity index (χ2n) is 8.03. The van der Waals surface area contributed by atoms with Crippen LogP contribution in [0.3, 0.4) is 0 Å². The van der Waals surface area contributed by atoms with Gasteiger partial charge in [-0.15, -0.1) is 11.3 Å². The van der Waals surface area contributed by atoms with Crippen molar-refractivity contribution in [2.24, 2.45) is 0 Å². The zero-order valence-electron chi connectivity index (χ0n) is 18.0. The van der Waals surface area contributed by atoms with E-state index in [-0.39, 0.29) is 0 Å². The van der Waals surface area contributed by atoms with Crippen LogP contribution in [0.2, 0.25) is 0 Å². The predicted molar refractivity (Wildman–Crippen MR) is 139 cm³/mol. The Hall–Kier alpha value is -3.96. The Bertz CT molecular complexity index is 1530. The summed E-state index contributed by atoms with van der Waals surface area (Å²) in [6.45, 7) is 0.802. The maximum absolute atomic E-state index is 4.59. The summed E-state index contributed by atoms with van der Waals surface area (Å²) in [6, 6.07) is 27.6. The fraction of sp³-hybridized carbons (Fsp3) is 0.0714. The molecule has 0 aliphatic heterocycles. The van der Waals surface area contributed by atoms with Crippen molar-refractivity contribution < 1.29 is 0 Å². The monoisotopic (exact) mass is 446 g/mol. The second-order valence-corrected chi connectivity index (χ2v) is 8.89. The molecule has 0 spiro atoms. The van der Waals surface area contributed by atoms with Gasteiger partial charge >= 0.3 is 0 Å². The molecule has 0 aliphatic carbocycles. The van der Waals surface area contributed by atoms with E-state index in [4.69, 9.17) is 0 Å². The molecule has 0 saturated carbocycles. The van der Waals surface area contributed by atoms with Gasteiger partial charge in [-0.05, 0) is 34.7 Å². The minimum atomic E-state index is 0.802. The molecule has 0 saturated heterocycles. The van der Waals surface area contributed by atoms with Crippen molar-refractivity contribution in [2.75, 3.05) is 11.9 Å². The van der Waals surface area contributed by atoms with Gasteiger partial charge in [0.2, 0.25) is 0 Å². The third kappa shape index (κ3) is 3.77. The molecule has 2 N–H and O–H groups in total. The molecule has 0 radical (unpaired) electrons. The number of aromatic nitrogens is 3. The first-order valence-corrected chi connectivity index (χ1v) is 11.9. The van der Waals surface area contributed by atoms with Gasteiger partial charge in [0.1, 0.15) is 17.0 Å². The molecule has 0 amide bonds. The lowest BCUT2D eigenvalue weighted by atomic mass is 10.0.